The lowest BCUT2D eigenvalue weighted by atomic mass is 10.3. The van der Waals surface area contributed by atoms with Gasteiger partial charge >= 0.3 is 0 Å². The zero-order valence-electron chi connectivity index (χ0n) is 12.2. The van der Waals surface area contributed by atoms with E-state index in [0.717, 1.165) is 57.9 Å². The standard InChI is InChI=1S/C15H22N4O2/c20-15(18-12-1-2-12)14-11-13(3-4-17-14)16-5-6-19-7-9-21-10-8-19/h3-4,11-12H,1-2,5-10H2,(H,16,17)(H,18,20). The van der Waals surface area contributed by atoms with Gasteiger partial charge in [0.2, 0.25) is 0 Å². The molecule has 2 N–H and O–H groups in total. The lowest BCUT2D eigenvalue weighted by Gasteiger charge is -2.26. The number of hydrogen-bond acceptors (Lipinski definition) is 5. The predicted molar refractivity (Wildman–Crippen MR) is 80.5 cm³/mol. The first-order chi connectivity index (χ1) is 10.3. The van der Waals surface area contributed by atoms with Crippen LogP contribution in [-0.4, -0.2) is 61.2 Å². The summed E-state index contributed by atoms with van der Waals surface area (Å²) in [4.78, 5) is 18.5. The van der Waals surface area contributed by atoms with Crippen LogP contribution in [0.1, 0.15) is 23.3 Å². The van der Waals surface area contributed by atoms with E-state index in [0.29, 0.717) is 11.7 Å². The maximum absolute atomic E-state index is 11.9. The number of nitrogens with one attached hydrogen (secondary N) is 2. The largest absolute Gasteiger partial charge is 0.384 e. The summed E-state index contributed by atoms with van der Waals surface area (Å²) in [6.07, 6.45) is 3.85. The summed E-state index contributed by atoms with van der Waals surface area (Å²) in [5.74, 6) is -0.0747. The SMILES string of the molecule is O=C(NC1CC1)c1cc(NCCN2CCOCC2)ccn1. The number of nitrogens with zero attached hydrogens (tertiary/aromatic N) is 2. The van der Waals surface area contributed by atoms with Gasteiger partial charge in [0.05, 0.1) is 13.2 Å². The molecule has 6 heteroatoms. The van der Waals surface area contributed by atoms with Gasteiger partial charge in [-0.25, -0.2) is 0 Å². The molecule has 21 heavy (non-hydrogen) atoms. The average molecular weight is 290 g/mol. The van der Waals surface area contributed by atoms with Crippen molar-refractivity contribution in [3.05, 3.63) is 24.0 Å². The Morgan fingerprint density at radius 2 is 2.19 bits per heavy atom. The second kappa shape index (κ2) is 6.87. The van der Waals surface area contributed by atoms with Gasteiger partial charge in [0.15, 0.2) is 0 Å². The van der Waals surface area contributed by atoms with E-state index in [1.165, 1.54) is 0 Å². The fourth-order valence-corrected chi connectivity index (χ4v) is 2.33. The molecule has 2 aliphatic rings. The van der Waals surface area contributed by atoms with Crippen LogP contribution in [0.2, 0.25) is 0 Å². The number of carbonyl (C=O) groups is 1. The van der Waals surface area contributed by atoms with Crippen LogP contribution in [0.25, 0.3) is 0 Å². The van der Waals surface area contributed by atoms with E-state index in [9.17, 15) is 4.79 Å². The number of amides is 1. The van der Waals surface area contributed by atoms with Crippen LogP contribution in [0, 0.1) is 0 Å². The van der Waals surface area contributed by atoms with E-state index in [1.54, 1.807) is 6.20 Å². The highest BCUT2D eigenvalue weighted by Crippen LogP contribution is 2.19. The lowest BCUT2D eigenvalue weighted by molar-refractivity contribution is 0.0398. The normalized spacial score (nSPS) is 19.2. The molecule has 1 aromatic rings. The average Bonchev–Trinajstić information content (AvgIpc) is 3.33. The van der Waals surface area contributed by atoms with Gasteiger partial charge < -0.3 is 15.4 Å². The highest BCUT2D eigenvalue weighted by Gasteiger charge is 2.24. The summed E-state index contributed by atoms with van der Waals surface area (Å²) in [6.45, 7) is 5.46. The minimum Gasteiger partial charge on any atom is -0.384 e. The van der Waals surface area contributed by atoms with Crippen LogP contribution >= 0.6 is 0 Å². The minimum absolute atomic E-state index is 0.0747. The zero-order chi connectivity index (χ0) is 14.5. The number of morpholine rings is 1. The Hall–Kier alpha value is -1.66. The Balaban J connectivity index is 1.47. The van der Waals surface area contributed by atoms with Gasteiger partial charge in [-0.05, 0) is 25.0 Å². The van der Waals surface area contributed by atoms with Crippen molar-refractivity contribution in [3.63, 3.8) is 0 Å². The molecular weight excluding hydrogens is 268 g/mol. The number of aromatic nitrogens is 1. The third kappa shape index (κ3) is 4.41. The first-order valence-corrected chi connectivity index (χ1v) is 7.62. The van der Waals surface area contributed by atoms with Gasteiger partial charge in [-0.1, -0.05) is 0 Å². The number of anilines is 1. The number of rotatable bonds is 6. The Bertz CT molecular complexity index is 484. The number of hydrogen-bond donors (Lipinski definition) is 2. The molecule has 1 aliphatic carbocycles. The fourth-order valence-electron chi connectivity index (χ4n) is 2.33. The molecule has 2 fully saturated rings. The summed E-state index contributed by atoms with van der Waals surface area (Å²) in [5, 5.41) is 6.31. The Morgan fingerprint density at radius 1 is 1.38 bits per heavy atom. The smallest absolute Gasteiger partial charge is 0.270 e. The van der Waals surface area contributed by atoms with Gasteiger partial charge in [0, 0.05) is 44.1 Å². The minimum atomic E-state index is -0.0747. The second-order valence-corrected chi connectivity index (χ2v) is 5.56. The quantitative estimate of drug-likeness (QED) is 0.808. The van der Waals surface area contributed by atoms with E-state index in [2.05, 4.69) is 20.5 Å². The first-order valence-electron chi connectivity index (χ1n) is 7.62. The van der Waals surface area contributed by atoms with E-state index >= 15 is 0 Å². The molecule has 6 nitrogen and oxygen atoms in total. The van der Waals surface area contributed by atoms with Gasteiger partial charge in [-0.2, -0.15) is 0 Å². The molecule has 1 saturated carbocycles. The van der Waals surface area contributed by atoms with Crippen LogP contribution in [-0.2, 0) is 4.74 Å². The van der Waals surface area contributed by atoms with Crippen molar-refractivity contribution in [2.45, 2.75) is 18.9 Å². The van der Waals surface area contributed by atoms with E-state index < -0.39 is 0 Å². The molecule has 0 atom stereocenters. The maximum Gasteiger partial charge on any atom is 0.270 e. The molecular formula is C15H22N4O2. The molecule has 0 radical (unpaired) electrons. The van der Waals surface area contributed by atoms with Crippen LogP contribution in [0.5, 0.6) is 0 Å². The van der Waals surface area contributed by atoms with Gasteiger partial charge in [0.1, 0.15) is 5.69 Å². The molecule has 0 bridgehead atoms. The van der Waals surface area contributed by atoms with E-state index in [-0.39, 0.29) is 5.91 Å². The maximum atomic E-state index is 11.9. The Morgan fingerprint density at radius 3 is 2.95 bits per heavy atom. The van der Waals surface area contributed by atoms with Crippen LogP contribution in [0.4, 0.5) is 5.69 Å². The third-order valence-electron chi connectivity index (χ3n) is 3.77. The summed E-state index contributed by atoms with van der Waals surface area (Å²) in [6, 6.07) is 4.07. The number of pyridine rings is 1. The summed E-state index contributed by atoms with van der Waals surface area (Å²) in [5.41, 5.74) is 1.43. The van der Waals surface area contributed by atoms with E-state index in [1.807, 2.05) is 12.1 Å². The van der Waals surface area contributed by atoms with Crippen LogP contribution < -0.4 is 10.6 Å². The Labute approximate surface area is 124 Å². The van der Waals surface area contributed by atoms with Crippen molar-refractivity contribution in [1.82, 2.24) is 15.2 Å². The molecule has 1 aromatic heterocycles. The van der Waals surface area contributed by atoms with Crippen molar-refractivity contribution in [2.24, 2.45) is 0 Å². The highest BCUT2D eigenvalue weighted by molar-refractivity contribution is 5.93. The molecule has 1 aliphatic heterocycles. The van der Waals surface area contributed by atoms with Crippen molar-refractivity contribution >= 4 is 11.6 Å². The van der Waals surface area contributed by atoms with E-state index in [4.69, 9.17) is 4.74 Å². The molecule has 0 spiro atoms. The first kappa shape index (κ1) is 14.3. The van der Waals surface area contributed by atoms with Crippen LogP contribution in [0.15, 0.2) is 18.3 Å². The number of carbonyl (C=O) groups excluding carboxylic acids is 1. The molecule has 1 amide bonds. The molecule has 0 unspecified atom stereocenters. The fraction of sp³-hybridized carbons (Fsp3) is 0.600. The topological polar surface area (TPSA) is 66.5 Å². The van der Waals surface area contributed by atoms with Crippen molar-refractivity contribution in [1.29, 1.82) is 0 Å². The van der Waals surface area contributed by atoms with Crippen LogP contribution in [0.3, 0.4) is 0 Å². The summed E-state index contributed by atoms with van der Waals surface area (Å²) in [7, 11) is 0. The lowest BCUT2D eigenvalue weighted by Crippen LogP contribution is -2.39. The van der Waals surface area contributed by atoms with Gasteiger partial charge in [-0.15, -0.1) is 0 Å². The molecule has 114 valence electrons. The molecule has 1 saturated heterocycles. The molecule has 3 rings (SSSR count). The van der Waals surface area contributed by atoms with Crippen molar-refractivity contribution < 1.29 is 9.53 Å². The van der Waals surface area contributed by atoms with Gasteiger partial charge in [-0.3, -0.25) is 14.7 Å². The third-order valence-corrected chi connectivity index (χ3v) is 3.77. The second-order valence-electron chi connectivity index (χ2n) is 5.56. The highest BCUT2D eigenvalue weighted by atomic mass is 16.5. The monoisotopic (exact) mass is 290 g/mol. The Kier molecular flexibility index (Phi) is 4.67. The number of ether oxygens (including phenoxy) is 1. The van der Waals surface area contributed by atoms with Crippen molar-refractivity contribution in [3.8, 4) is 0 Å². The zero-order valence-corrected chi connectivity index (χ0v) is 12.2. The molecule has 2 heterocycles. The predicted octanol–water partition coefficient (Wildman–Crippen LogP) is 0.718. The molecule has 0 aromatic carbocycles. The van der Waals surface area contributed by atoms with Crippen molar-refractivity contribution in [2.75, 3.05) is 44.7 Å². The summed E-state index contributed by atoms with van der Waals surface area (Å²) >= 11 is 0. The van der Waals surface area contributed by atoms with Gasteiger partial charge in [0.25, 0.3) is 5.91 Å². The summed E-state index contributed by atoms with van der Waals surface area (Å²) < 4.78 is 5.33.